The molecule has 1 heterocycles. The van der Waals surface area contributed by atoms with Crippen LogP contribution in [0, 0.1) is 0 Å². The summed E-state index contributed by atoms with van der Waals surface area (Å²) >= 11 is 3.58. The van der Waals surface area contributed by atoms with Gasteiger partial charge in [0.2, 0.25) is 0 Å². The van der Waals surface area contributed by atoms with Crippen molar-refractivity contribution in [1.82, 2.24) is 0 Å². The summed E-state index contributed by atoms with van der Waals surface area (Å²) in [6, 6.07) is 12.2. The van der Waals surface area contributed by atoms with Crippen LogP contribution in [0.15, 0.2) is 46.7 Å². The number of hydrogen-bond acceptors (Lipinski definition) is 3. The fraction of sp³-hybridized carbons (Fsp3) is 0.0909. The molecule has 0 spiro atoms. The summed E-state index contributed by atoms with van der Waals surface area (Å²) < 4.78 is 0. The Bertz CT molecular complexity index is 395. The normalized spacial score (nSPS) is 10.3. The third kappa shape index (κ3) is 2.30. The van der Waals surface area contributed by atoms with Crippen LogP contribution in [0.3, 0.4) is 0 Å². The third-order valence-electron chi connectivity index (χ3n) is 1.87. The molecule has 0 radical (unpaired) electrons. The zero-order valence-corrected chi connectivity index (χ0v) is 9.28. The van der Waals surface area contributed by atoms with Gasteiger partial charge in [0.05, 0.1) is 0 Å². The van der Waals surface area contributed by atoms with E-state index in [1.54, 1.807) is 23.1 Å². The molecule has 0 amide bonds. The average molecular weight is 221 g/mol. The van der Waals surface area contributed by atoms with Crippen molar-refractivity contribution in [1.29, 1.82) is 0 Å². The lowest BCUT2D eigenvalue weighted by atomic mass is 10.3. The highest BCUT2D eigenvalue weighted by molar-refractivity contribution is 7.98. The quantitative estimate of drug-likeness (QED) is 0.633. The van der Waals surface area contributed by atoms with Crippen LogP contribution in [-0.4, -0.2) is 0 Å². The predicted octanol–water partition coefficient (Wildman–Crippen LogP) is 3.62. The number of nitrogen functional groups attached to an aromatic ring is 1. The van der Waals surface area contributed by atoms with Crippen molar-refractivity contribution < 1.29 is 0 Å². The van der Waals surface area contributed by atoms with Gasteiger partial charge < -0.3 is 5.73 Å². The van der Waals surface area contributed by atoms with Crippen LogP contribution >= 0.6 is 23.1 Å². The molecule has 1 aromatic carbocycles. The SMILES string of the molecule is Nc1ccccc1SCc1cccs1. The molecule has 0 unspecified atom stereocenters. The van der Waals surface area contributed by atoms with E-state index in [1.165, 1.54) is 9.77 Å². The molecular weight excluding hydrogens is 210 g/mol. The maximum Gasteiger partial charge on any atom is 0.0452 e. The van der Waals surface area contributed by atoms with Crippen LogP contribution in [0.5, 0.6) is 0 Å². The number of thioether (sulfide) groups is 1. The van der Waals surface area contributed by atoms with E-state index in [0.29, 0.717) is 0 Å². The Hall–Kier alpha value is -0.930. The lowest BCUT2D eigenvalue weighted by Crippen LogP contribution is -1.87. The van der Waals surface area contributed by atoms with Gasteiger partial charge in [-0.1, -0.05) is 18.2 Å². The minimum atomic E-state index is 0.869. The molecule has 1 nitrogen and oxygen atoms in total. The van der Waals surface area contributed by atoms with Crippen molar-refractivity contribution in [3.05, 3.63) is 46.7 Å². The Morgan fingerprint density at radius 3 is 2.71 bits per heavy atom. The topological polar surface area (TPSA) is 26.0 Å². The summed E-state index contributed by atoms with van der Waals surface area (Å²) in [6.07, 6.45) is 0. The Kier molecular flexibility index (Phi) is 3.11. The number of thiophene rings is 1. The van der Waals surface area contributed by atoms with Crippen molar-refractivity contribution in [2.75, 3.05) is 5.73 Å². The first-order chi connectivity index (χ1) is 6.86. The summed E-state index contributed by atoms with van der Waals surface area (Å²) in [6.45, 7) is 0. The van der Waals surface area contributed by atoms with Gasteiger partial charge in [-0.15, -0.1) is 23.1 Å². The van der Waals surface area contributed by atoms with Crippen molar-refractivity contribution in [3.8, 4) is 0 Å². The van der Waals surface area contributed by atoms with Crippen LogP contribution in [0.1, 0.15) is 4.88 Å². The molecule has 72 valence electrons. The fourth-order valence-electron chi connectivity index (χ4n) is 1.16. The molecule has 0 saturated carbocycles. The van der Waals surface area contributed by atoms with Gasteiger partial charge in [0.15, 0.2) is 0 Å². The lowest BCUT2D eigenvalue weighted by Gasteiger charge is -2.02. The molecular formula is C11H11NS2. The molecule has 0 fully saturated rings. The Morgan fingerprint density at radius 1 is 1.14 bits per heavy atom. The largest absolute Gasteiger partial charge is 0.398 e. The zero-order valence-electron chi connectivity index (χ0n) is 7.64. The molecule has 3 heteroatoms. The highest BCUT2D eigenvalue weighted by Crippen LogP contribution is 2.28. The number of nitrogens with two attached hydrogens (primary N) is 1. The molecule has 14 heavy (non-hydrogen) atoms. The first-order valence-corrected chi connectivity index (χ1v) is 6.22. The van der Waals surface area contributed by atoms with Gasteiger partial charge in [0.25, 0.3) is 0 Å². The van der Waals surface area contributed by atoms with Crippen molar-refractivity contribution in [3.63, 3.8) is 0 Å². The first-order valence-electron chi connectivity index (χ1n) is 4.36. The minimum absolute atomic E-state index is 0.869. The van der Waals surface area contributed by atoms with Crippen LogP contribution in [0.2, 0.25) is 0 Å². The lowest BCUT2D eigenvalue weighted by molar-refractivity contribution is 1.43. The van der Waals surface area contributed by atoms with E-state index in [0.717, 1.165) is 11.4 Å². The van der Waals surface area contributed by atoms with Crippen LogP contribution in [0.25, 0.3) is 0 Å². The van der Waals surface area contributed by atoms with Gasteiger partial charge in [-0.2, -0.15) is 0 Å². The number of para-hydroxylation sites is 1. The van der Waals surface area contributed by atoms with Gasteiger partial charge >= 0.3 is 0 Å². The predicted molar refractivity (Wildman–Crippen MR) is 64.7 cm³/mol. The second kappa shape index (κ2) is 4.53. The maximum absolute atomic E-state index is 5.84. The summed E-state index contributed by atoms with van der Waals surface area (Å²) in [7, 11) is 0. The van der Waals surface area contributed by atoms with Gasteiger partial charge in [-0.05, 0) is 23.6 Å². The molecule has 2 N–H and O–H groups in total. The van der Waals surface area contributed by atoms with E-state index >= 15 is 0 Å². The van der Waals surface area contributed by atoms with E-state index in [-0.39, 0.29) is 0 Å². The van der Waals surface area contributed by atoms with E-state index in [2.05, 4.69) is 23.6 Å². The van der Waals surface area contributed by atoms with Crippen molar-refractivity contribution in [2.24, 2.45) is 0 Å². The standard InChI is InChI=1S/C11H11NS2/c12-10-5-1-2-6-11(10)14-8-9-4-3-7-13-9/h1-7H,8,12H2. The molecule has 0 atom stereocenters. The van der Waals surface area contributed by atoms with Gasteiger partial charge in [0.1, 0.15) is 0 Å². The second-order valence-electron chi connectivity index (χ2n) is 2.91. The Labute approximate surface area is 92.0 Å². The average Bonchev–Trinajstić information content (AvgIpc) is 2.69. The number of anilines is 1. The monoisotopic (exact) mass is 221 g/mol. The zero-order chi connectivity index (χ0) is 9.80. The van der Waals surface area contributed by atoms with Crippen LogP contribution in [-0.2, 0) is 5.75 Å². The second-order valence-corrected chi connectivity index (χ2v) is 4.96. The molecule has 0 bridgehead atoms. The van der Waals surface area contributed by atoms with E-state index < -0.39 is 0 Å². The maximum atomic E-state index is 5.84. The summed E-state index contributed by atoms with van der Waals surface area (Å²) in [5, 5.41) is 2.10. The van der Waals surface area contributed by atoms with Gasteiger partial charge in [-0.3, -0.25) is 0 Å². The van der Waals surface area contributed by atoms with E-state index in [9.17, 15) is 0 Å². The fourth-order valence-corrected chi connectivity index (χ4v) is 2.90. The van der Waals surface area contributed by atoms with Crippen LogP contribution < -0.4 is 5.73 Å². The van der Waals surface area contributed by atoms with Crippen molar-refractivity contribution >= 4 is 28.8 Å². The smallest absolute Gasteiger partial charge is 0.0452 e. The molecule has 0 aliphatic heterocycles. The van der Waals surface area contributed by atoms with E-state index in [4.69, 9.17) is 5.73 Å². The van der Waals surface area contributed by atoms with E-state index in [1.807, 2.05) is 18.2 Å². The number of benzene rings is 1. The van der Waals surface area contributed by atoms with Gasteiger partial charge in [0, 0.05) is 21.2 Å². The summed E-state index contributed by atoms with van der Waals surface area (Å²) in [4.78, 5) is 2.55. The number of hydrogen-bond donors (Lipinski definition) is 1. The third-order valence-corrected chi connectivity index (χ3v) is 4.07. The molecule has 2 aromatic rings. The summed E-state index contributed by atoms with van der Waals surface area (Å²) in [5.74, 6) is 1.01. The number of rotatable bonds is 3. The Balaban J connectivity index is 2.02. The molecule has 1 aromatic heterocycles. The molecule has 0 saturated heterocycles. The summed E-state index contributed by atoms with van der Waals surface area (Å²) in [5.41, 5.74) is 6.71. The molecule has 0 aliphatic rings. The molecule has 2 rings (SSSR count). The highest BCUT2D eigenvalue weighted by Gasteiger charge is 1.99. The van der Waals surface area contributed by atoms with Gasteiger partial charge in [-0.25, -0.2) is 0 Å². The minimum Gasteiger partial charge on any atom is -0.398 e. The van der Waals surface area contributed by atoms with Crippen LogP contribution in [0.4, 0.5) is 5.69 Å². The Morgan fingerprint density at radius 2 is 2.00 bits per heavy atom. The van der Waals surface area contributed by atoms with Crippen molar-refractivity contribution in [2.45, 2.75) is 10.6 Å². The first kappa shape index (κ1) is 9.62. The highest BCUT2D eigenvalue weighted by atomic mass is 32.2. The molecule has 0 aliphatic carbocycles.